The van der Waals surface area contributed by atoms with Gasteiger partial charge in [-0.05, 0) is 30.8 Å². The third kappa shape index (κ3) is 6.17. The van der Waals surface area contributed by atoms with E-state index in [1.54, 1.807) is 0 Å². The fourth-order valence-electron chi connectivity index (χ4n) is 1.16. The summed E-state index contributed by atoms with van der Waals surface area (Å²) in [5.74, 6) is 0.729. The van der Waals surface area contributed by atoms with Crippen LogP contribution in [-0.2, 0) is 4.74 Å². The van der Waals surface area contributed by atoms with E-state index in [4.69, 9.17) is 4.74 Å². The number of nitrogens with one attached hydrogen (secondary N) is 1. The van der Waals surface area contributed by atoms with Gasteiger partial charge in [-0.25, -0.2) is 0 Å². The quantitative estimate of drug-likeness (QED) is 0.476. The molecule has 0 unspecified atom stereocenters. The Balaban J connectivity index is 1.86. The molecule has 0 aromatic rings. The second-order valence-electron chi connectivity index (χ2n) is 4.64. The van der Waals surface area contributed by atoms with Gasteiger partial charge in [0.25, 0.3) is 0 Å². The van der Waals surface area contributed by atoms with Crippen molar-refractivity contribution in [3.05, 3.63) is 12.2 Å². The number of hydrogen-bond donors (Lipinski definition) is 1. The smallest absolute Gasteiger partial charge is 0.0686 e. The lowest BCUT2D eigenvalue weighted by atomic mass is 10.1. The van der Waals surface area contributed by atoms with Crippen molar-refractivity contribution in [3.63, 3.8) is 0 Å². The lowest BCUT2D eigenvalue weighted by Crippen LogP contribution is -2.20. The lowest BCUT2D eigenvalue weighted by molar-refractivity contribution is 0.143. The van der Waals surface area contributed by atoms with Crippen LogP contribution in [0.25, 0.3) is 0 Å². The van der Waals surface area contributed by atoms with Crippen LogP contribution in [0.3, 0.4) is 0 Å². The summed E-state index contributed by atoms with van der Waals surface area (Å²) in [6.45, 7) is 10.9. The molecule has 82 valence electrons. The van der Waals surface area contributed by atoms with Gasteiger partial charge in [-0.15, -0.1) is 0 Å². The Morgan fingerprint density at radius 3 is 2.79 bits per heavy atom. The molecule has 1 saturated carbocycles. The highest BCUT2D eigenvalue weighted by molar-refractivity contribution is 4.99. The van der Waals surface area contributed by atoms with Gasteiger partial charge in [0.1, 0.15) is 0 Å². The Bertz CT molecular complexity index is 173. The van der Waals surface area contributed by atoms with Gasteiger partial charge < -0.3 is 10.1 Å². The molecular weight excluding hydrogens is 174 g/mol. The van der Waals surface area contributed by atoms with Gasteiger partial charge in [-0.3, -0.25) is 0 Å². The first-order chi connectivity index (χ1) is 6.68. The molecule has 0 bridgehead atoms. The predicted molar refractivity (Wildman–Crippen MR) is 60.4 cm³/mol. The monoisotopic (exact) mass is 197 g/mol. The highest BCUT2D eigenvalue weighted by atomic mass is 16.5. The maximum atomic E-state index is 5.52. The van der Waals surface area contributed by atoms with E-state index in [1.807, 2.05) is 0 Å². The first kappa shape index (κ1) is 11.7. The molecule has 1 N–H and O–H groups in total. The van der Waals surface area contributed by atoms with Crippen LogP contribution < -0.4 is 5.32 Å². The molecule has 0 spiro atoms. The minimum Gasteiger partial charge on any atom is -0.377 e. The van der Waals surface area contributed by atoms with Crippen LogP contribution in [0.15, 0.2) is 12.2 Å². The van der Waals surface area contributed by atoms with Crippen LogP contribution >= 0.6 is 0 Å². The molecule has 2 nitrogen and oxygen atoms in total. The van der Waals surface area contributed by atoms with Gasteiger partial charge in [0.15, 0.2) is 0 Å². The zero-order chi connectivity index (χ0) is 10.4. The van der Waals surface area contributed by atoms with Crippen LogP contribution in [-0.4, -0.2) is 25.8 Å². The molecular formula is C12H23NO. The molecule has 2 heteroatoms. The van der Waals surface area contributed by atoms with Crippen molar-refractivity contribution >= 4 is 0 Å². The summed E-state index contributed by atoms with van der Waals surface area (Å²) in [5, 5.41) is 3.43. The Morgan fingerprint density at radius 1 is 1.50 bits per heavy atom. The van der Waals surface area contributed by atoms with E-state index in [1.165, 1.54) is 18.4 Å². The molecule has 0 atom stereocenters. The number of rotatable bonds is 8. The van der Waals surface area contributed by atoms with Crippen molar-refractivity contribution < 1.29 is 4.74 Å². The average molecular weight is 197 g/mol. The topological polar surface area (TPSA) is 21.3 Å². The van der Waals surface area contributed by atoms with Crippen LogP contribution in [0.4, 0.5) is 0 Å². The van der Waals surface area contributed by atoms with Gasteiger partial charge in [0.2, 0.25) is 0 Å². The molecule has 0 aromatic carbocycles. The van der Waals surface area contributed by atoms with Crippen LogP contribution in [0, 0.1) is 5.92 Å². The normalized spacial score (nSPS) is 16.2. The van der Waals surface area contributed by atoms with E-state index in [0.29, 0.717) is 6.61 Å². The van der Waals surface area contributed by atoms with Gasteiger partial charge >= 0.3 is 0 Å². The highest BCUT2D eigenvalue weighted by Crippen LogP contribution is 2.18. The first-order valence-corrected chi connectivity index (χ1v) is 5.66. The Kier molecular flexibility index (Phi) is 5.20. The molecule has 1 aliphatic rings. The third-order valence-corrected chi connectivity index (χ3v) is 2.36. The molecule has 0 radical (unpaired) electrons. The van der Waals surface area contributed by atoms with E-state index in [-0.39, 0.29) is 0 Å². The summed E-state index contributed by atoms with van der Waals surface area (Å²) >= 11 is 0. The number of ether oxygens (including phenoxy) is 1. The van der Waals surface area contributed by atoms with E-state index >= 15 is 0 Å². The molecule has 14 heavy (non-hydrogen) atoms. The first-order valence-electron chi connectivity index (χ1n) is 5.66. The second-order valence-corrected chi connectivity index (χ2v) is 4.64. The summed E-state index contributed by atoms with van der Waals surface area (Å²) in [7, 11) is 0. The van der Waals surface area contributed by atoms with E-state index in [0.717, 1.165) is 31.5 Å². The molecule has 0 aliphatic heterocycles. The minimum atomic E-state index is 0.715. The van der Waals surface area contributed by atoms with Crippen molar-refractivity contribution in [2.75, 3.05) is 19.8 Å². The van der Waals surface area contributed by atoms with Crippen molar-refractivity contribution in [1.29, 1.82) is 0 Å². The summed E-state index contributed by atoms with van der Waals surface area (Å²) < 4.78 is 5.52. The van der Waals surface area contributed by atoms with Crippen LogP contribution in [0.1, 0.15) is 33.1 Å². The average Bonchev–Trinajstić information content (AvgIpc) is 2.92. The zero-order valence-electron chi connectivity index (χ0n) is 9.51. The lowest BCUT2D eigenvalue weighted by Gasteiger charge is -2.09. The van der Waals surface area contributed by atoms with E-state index in [2.05, 4.69) is 25.7 Å². The maximum Gasteiger partial charge on any atom is 0.0686 e. The van der Waals surface area contributed by atoms with Crippen molar-refractivity contribution in [2.24, 2.45) is 5.92 Å². The van der Waals surface area contributed by atoms with Gasteiger partial charge in [-0.1, -0.05) is 20.4 Å². The maximum absolute atomic E-state index is 5.52. The minimum absolute atomic E-state index is 0.715. The zero-order valence-corrected chi connectivity index (χ0v) is 9.51. The van der Waals surface area contributed by atoms with Crippen LogP contribution in [0.2, 0.25) is 0 Å². The third-order valence-electron chi connectivity index (χ3n) is 2.36. The molecule has 1 rings (SSSR count). The number of hydrogen-bond acceptors (Lipinski definition) is 2. The summed E-state index contributed by atoms with van der Waals surface area (Å²) in [6, 6.07) is 0.766. The Labute approximate surface area is 87.7 Å². The van der Waals surface area contributed by atoms with Gasteiger partial charge in [0.05, 0.1) is 6.61 Å². The largest absolute Gasteiger partial charge is 0.377 e. The van der Waals surface area contributed by atoms with E-state index in [9.17, 15) is 0 Å². The van der Waals surface area contributed by atoms with Gasteiger partial charge in [0, 0.05) is 19.2 Å². The highest BCUT2D eigenvalue weighted by Gasteiger charge is 2.19. The molecule has 0 amide bonds. The molecule has 0 aromatic heterocycles. The van der Waals surface area contributed by atoms with Crippen LogP contribution in [0.5, 0.6) is 0 Å². The SMILES string of the molecule is C=C(CNC1CC1)COCCC(C)C. The second kappa shape index (κ2) is 6.20. The van der Waals surface area contributed by atoms with Crippen molar-refractivity contribution in [1.82, 2.24) is 5.32 Å². The summed E-state index contributed by atoms with van der Waals surface area (Å²) in [4.78, 5) is 0. The Morgan fingerprint density at radius 2 is 2.21 bits per heavy atom. The molecule has 1 fully saturated rings. The standard InChI is InChI=1S/C12H23NO/c1-10(2)6-7-14-9-11(3)8-13-12-4-5-12/h10,12-13H,3-9H2,1-2H3. The van der Waals surface area contributed by atoms with Crippen molar-refractivity contribution in [3.8, 4) is 0 Å². The summed E-state index contributed by atoms with van der Waals surface area (Å²) in [6.07, 6.45) is 3.81. The fourth-order valence-corrected chi connectivity index (χ4v) is 1.16. The van der Waals surface area contributed by atoms with Crippen molar-refractivity contribution in [2.45, 2.75) is 39.2 Å². The molecule has 0 heterocycles. The van der Waals surface area contributed by atoms with Gasteiger partial charge in [-0.2, -0.15) is 0 Å². The Hall–Kier alpha value is -0.340. The fraction of sp³-hybridized carbons (Fsp3) is 0.833. The predicted octanol–water partition coefficient (Wildman–Crippen LogP) is 2.36. The molecule has 0 saturated heterocycles. The molecule has 1 aliphatic carbocycles. The summed E-state index contributed by atoms with van der Waals surface area (Å²) in [5.41, 5.74) is 1.17. The van der Waals surface area contributed by atoms with E-state index < -0.39 is 0 Å².